The van der Waals surface area contributed by atoms with Gasteiger partial charge in [0.1, 0.15) is 21.9 Å². The molecule has 2 saturated heterocycles. The third-order valence-corrected chi connectivity index (χ3v) is 10.9. The number of pyridine rings is 1. The Morgan fingerprint density at radius 1 is 1.02 bits per heavy atom. The summed E-state index contributed by atoms with van der Waals surface area (Å²) in [6, 6.07) is 15.5. The van der Waals surface area contributed by atoms with E-state index in [0.29, 0.717) is 67.0 Å². The lowest BCUT2D eigenvalue weighted by atomic mass is 9.79. The normalized spacial score (nSPS) is 19.6. The van der Waals surface area contributed by atoms with Gasteiger partial charge in [0.15, 0.2) is 0 Å². The molecule has 2 fully saturated rings. The van der Waals surface area contributed by atoms with Crippen molar-refractivity contribution in [3.8, 4) is 10.6 Å². The minimum Gasteiger partial charge on any atom is -0.388 e. The molecule has 6 heterocycles. The Kier molecular flexibility index (Phi) is 8.23. The zero-order valence-electron chi connectivity index (χ0n) is 26.5. The van der Waals surface area contributed by atoms with Crippen molar-refractivity contribution in [2.24, 2.45) is 13.0 Å². The molecule has 0 saturated carbocycles. The van der Waals surface area contributed by atoms with Crippen molar-refractivity contribution < 1.29 is 14.7 Å². The Hall–Kier alpha value is -4.68. The van der Waals surface area contributed by atoms with Gasteiger partial charge in [-0.2, -0.15) is 0 Å². The Labute approximate surface area is 276 Å². The molecule has 7 rings (SSSR count). The average molecular weight is 652 g/mol. The summed E-state index contributed by atoms with van der Waals surface area (Å²) in [5, 5.41) is 12.8. The topological polar surface area (TPSA) is 126 Å². The molecule has 0 radical (unpaired) electrons. The number of benzene rings is 1. The number of piperidine rings is 2. The standard InChI is InChI=1S/C35H37N7O4S/c1-23-29(47-31(38-23)25-8-14-36-15-9-25)34(45)41-17-11-26(28(20-41)24-6-4-3-5-7-24)32(43)40-18-12-35(46,13-19-40)21-42-22-37-30-27(33(42)44)10-16-39(30)2/h3-10,14-16,22,26,28,46H,11-13,17-21H2,1-2H3/t26-,28+/m1/s1. The number of likely N-dealkylation sites (tertiary alicyclic amines) is 2. The maximum absolute atomic E-state index is 14.1. The molecule has 2 amide bonds. The van der Waals surface area contributed by atoms with Crippen molar-refractivity contribution in [2.45, 2.75) is 44.2 Å². The first-order valence-corrected chi connectivity index (χ1v) is 16.8. The molecule has 11 nitrogen and oxygen atoms in total. The van der Waals surface area contributed by atoms with Crippen molar-refractivity contribution >= 4 is 34.2 Å². The lowest BCUT2D eigenvalue weighted by Gasteiger charge is -2.43. The van der Waals surface area contributed by atoms with E-state index in [1.807, 2.05) is 66.2 Å². The Bertz CT molecular complexity index is 1980. The number of aliphatic hydroxyl groups is 1. The summed E-state index contributed by atoms with van der Waals surface area (Å²) < 4.78 is 3.27. The number of hydrogen-bond donors (Lipinski definition) is 1. The fraction of sp³-hybridized carbons (Fsp3) is 0.371. The second-order valence-electron chi connectivity index (χ2n) is 12.7. The number of aryl methyl sites for hydroxylation is 2. The number of thiazole rings is 1. The van der Waals surface area contributed by atoms with Crippen LogP contribution in [-0.4, -0.2) is 82.6 Å². The largest absolute Gasteiger partial charge is 0.388 e. The summed E-state index contributed by atoms with van der Waals surface area (Å²) in [5.74, 6) is -0.479. The number of fused-ring (bicyclic) bond motifs is 1. The molecule has 0 aliphatic carbocycles. The van der Waals surface area contributed by atoms with Crippen LogP contribution in [0.5, 0.6) is 0 Å². The molecule has 5 aromatic rings. The van der Waals surface area contributed by atoms with Crippen LogP contribution < -0.4 is 5.56 Å². The lowest BCUT2D eigenvalue weighted by molar-refractivity contribution is -0.142. The third-order valence-electron chi connectivity index (χ3n) is 9.68. The zero-order chi connectivity index (χ0) is 32.7. The van der Waals surface area contributed by atoms with Crippen LogP contribution in [-0.2, 0) is 18.4 Å². The summed E-state index contributed by atoms with van der Waals surface area (Å²) in [4.78, 5) is 58.6. The Morgan fingerprint density at radius 3 is 2.51 bits per heavy atom. The zero-order valence-corrected chi connectivity index (χ0v) is 27.3. The van der Waals surface area contributed by atoms with Gasteiger partial charge in [-0.3, -0.25) is 23.9 Å². The minimum absolute atomic E-state index is 0.0477. The van der Waals surface area contributed by atoms with Crippen molar-refractivity contribution in [2.75, 3.05) is 26.2 Å². The van der Waals surface area contributed by atoms with Gasteiger partial charge < -0.3 is 19.5 Å². The quantitative estimate of drug-likeness (QED) is 0.296. The molecule has 2 aliphatic rings. The summed E-state index contributed by atoms with van der Waals surface area (Å²) in [6.07, 6.45) is 7.97. The molecule has 0 spiro atoms. The number of aromatic nitrogens is 5. The van der Waals surface area contributed by atoms with E-state index in [1.165, 1.54) is 22.2 Å². The molecule has 47 heavy (non-hydrogen) atoms. The van der Waals surface area contributed by atoms with E-state index in [0.717, 1.165) is 16.1 Å². The molecular formula is C35H37N7O4S. The predicted molar refractivity (Wildman–Crippen MR) is 179 cm³/mol. The first kappa shape index (κ1) is 30.9. The van der Waals surface area contributed by atoms with Crippen LogP contribution in [0.3, 0.4) is 0 Å². The highest BCUT2D eigenvalue weighted by Gasteiger charge is 2.42. The van der Waals surface area contributed by atoms with Gasteiger partial charge in [0, 0.05) is 69.2 Å². The van der Waals surface area contributed by atoms with Crippen molar-refractivity contribution in [1.82, 2.24) is 33.9 Å². The number of carbonyl (C=O) groups excluding carboxylic acids is 2. The van der Waals surface area contributed by atoms with E-state index in [-0.39, 0.29) is 35.8 Å². The van der Waals surface area contributed by atoms with Gasteiger partial charge in [0.2, 0.25) is 5.91 Å². The minimum atomic E-state index is -1.12. The molecule has 1 N–H and O–H groups in total. The third kappa shape index (κ3) is 5.98. The fourth-order valence-corrected chi connectivity index (χ4v) is 8.01. The molecule has 12 heteroatoms. The summed E-state index contributed by atoms with van der Waals surface area (Å²) in [6.45, 7) is 3.67. The number of hydrogen-bond acceptors (Lipinski definition) is 8. The summed E-state index contributed by atoms with van der Waals surface area (Å²) >= 11 is 1.39. The summed E-state index contributed by atoms with van der Waals surface area (Å²) in [7, 11) is 1.84. The van der Waals surface area contributed by atoms with Gasteiger partial charge in [-0.1, -0.05) is 30.3 Å². The molecule has 2 atom stereocenters. The summed E-state index contributed by atoms with van der Waals surface area (Å²) in [5.41, 5.74) is 1.95. The molecular weight excluding hydrogens is 614 g/mol. The van der Waals surface area contributed by atoms with E-state index in [2.05, 4.69) is 15.0 Å². The highest BCUT2D eigenvalue weighted by atomic mass is 32.1. The first-order chi connectivity index (χ1) is 22.7. The molecule has 4 aromatic heterocycles. The van der Waals surface area contributed by atoms with Gasteiger partial charge >= 0.3 is 0 Å². The van der Waals surface area contributed by atoms with Crippen LogP contribution >= 0.6 is 11.3 Å². The van der Waals surface area contributed by atoms with E-state index < -0.39 is 5.60 Å². The first-order valence-electron chi connectivity index (χ1n) is 15.9. The van der Waals surface area contributed by atoms with Crippen LogP contribution in [0, 0.1) is 12.8 Å². The smallest absolute Gasteiger partial charge is 0.265 e. The number of carbonyl (C=O) groups is 2. The molecule has 0 bridgehead atoms. The monoisotopic (exact) mass is 651 g/mol. The number of nitrogens with zero attached hydrogens (tertiary/aromatic N) is 7. The van der Waals surface area contributed by atoms with E-state index in [4.69, 9.17) is 0 Å². The molecule has 242 valence electrons. The van der Waals surface area contributed by atoms with Gasteiger partial charge in [-0.25, -0.2) is 9.97 Å². The van der Waals surface area contributed by atoms with E-state index in [1.54, 1.807) is 29.2 Å². The number of rotatable bonds is 6. The van der Waals surface area contributed by atoms with Crippen LogP contribution in [0.15, 0.2) is 78.2 Å². The fourth-order valence-electron chi connectivity index (χ4n) is 6.97. The SMILES string of the molecule is Cc1nc(-c2ccncc2)sc1C(=O)N1CC[C@@H](C(=O)N2CCC(O)(Cn3cnc4c(ccn4C)c3=O)CC2)[C@H](c2ccccc2)C1. The van der Waals surface area contributed by atoms with Crippen LogP contribution in [0.2, 0.25) is 0 Å². The van der Waals surface area contributed by atoms with E-state index in [9.17, 15) is 19.5 Å². The second kappa shape index (κ2) is 12.5. The lowest BCUT2D eigenvalue weighted by Crippen LogP contribution is -2.53. The highest BCUT2D eigenvalue weighted by Crippen LogP contribution is 2.37. The molecule has 0 unspecified atom stereocenters. The van der Waals surface area contributed by atoms with Crippen LogP contribution in [0.25, 0.3) is 21.6 Å². The second-order valence-corrected chi connectivity index (χ2v) is 13.7. The molecule has 2 aliphatic heterocycles. The molecule has 1 aromatic carbocycles. The Morgan fingerprint density at radius 2 is 1.77 bits per heavy atom. The predicted octanol–water partition coefficient (Wildman–Crippen LogP) is 3.86. The Balaban J connectivity index is 1.05. The van der Waals surface area contributed by atoms with Crippen LogP contribution in [0.1, 0.15) is 46.1 Å². The maximum Gasteiger partial charge on any atom is 0.265 e. The van der Waals surface area contributed by atoms with Crippen molar-refractivity contribution in [1.29, 1.82) is 0 Å². The van der Waals surface area contributed by atoms with Gasteiger partial charge in [-0.15, -0.1) is 11.3 Å². The highest BCUT2D eigenvalue weighted by molar-refractivity contribution is 7.17. The van der Waals surface area contributed by atoms with Crippen molar-refractivity contribution in [3.63, 3.8) is 0 Å². The maximum atomic E-state index is 14.1. The van der Waals surface area contributed by atoms with Gasteiger partial charge in [0.25, 0.3) is 11.5 Å². The van der Waals surface area contributed by atoms with Gasteiger partial charge in [0.05, 0.1) is 23.2 Å². The number of amides is 2. The van der Waals surface area contributed by atoms with Crippen LogP contribution in [0.4, 0.5) is 0 Å². The van der Waals surface area contributed by atoms with E-state index >= 15 is 0 Å². The average Bonchev–Trinajstić information content (AvgIpc) is 3.68. The van der Waals surface area contributed by atoms with Crippen molar-refractivity contribution in [3.05, 3.63) is 99.9 Å². The van der Waals surface area contributed by atoms with Gasteiger partial charge in [-0.05, 0) is 49.9 Å².